The molecule has 3 aromatic rings. The molecule has 2 amide bonds. The largest absolute Gasteiger partial charge is 0.435 e. The monoisotopic (exact) mass is 450 g/mol. The van der Waals surface area contributed by atoms with E-state index in [2.05, 4.69) is 10.1 Å². The van der Waals surface area contributed by atoms with Crippen molar-refractivity contribution in [2.24, 2.45) is 0 Å². The molecule has 1 aliphatic heterocycles. The van der Waals surface area contributed by atoms with Crippen molar-refractivity contribution in [2.75, 3.05) is 16.8 Å². The van der Waals surface area contributed by atoms with Gasteiger partial charge in [-0.3, -0.25) is 9.59 Å². The van der Waals surface area contributed by atoms with Gasteiger partial charge in [-0.25, -0.2) is 0 Å². The third kappa shape index (κ3) is 5.19. The van der Waals surface area contributed by atoms with E-state index in [1.807, 2.05) is 37.3 Å². The lowest BCUT2D eigenvalue weighted by atomic mass is 10.0. The molecule has 0 radical (unpaired) electrons. The number of carbonyl (C=O) groups is 2. The second-order valence-electron chi connectivity index (χ2n) is 7.81. The van der Waals surface area contributed by atoms with Crippen molar-refractivity contribution in [3.05, 3.63) is 89.0 Å². The molecule has 1 N–H and O–H groups in total. The van der Waals surface area contributed by atoms with Crippen LogP contribution in [0.3, 0.4) is 0 Å². The van der Waals surface area contributed by atoms with Crippen molar-refractivity contribution >= 4 is 23.2 Å². The molecule has 0 saturated heterocycles. The Morgan fingerprint density at radius 1 is 1.06 bits per heavy atom. The van der Waals surface area contributed by atoms with E-state index in [1.165, 1.54) is 6.07 Å². The summed E-state index contributed by atoms with van der Waals surface area (Å²) in [7, 11) is 0. The number of rotatable bonds is 7. The lowest BCUT2D eigenvalue weighted by Crippen LogP contribution is -2.27. The minimum atomic E-state index is -2.94. The van der Waals surface area contributed by atoms with Crippen LogP contribution in [-0.4, -0.2) is 25.0 Å². The molecular formula is C26H24F2N2O3. The minimum absolute atomic E-state index is 0.0583. The van der Waals surface area contributed by atoms with E-state index < -0.39 is 6.61 Å². The lowest BCUT2D eigenvalue weighted by Gasteiger charge is -2.16. The predicted octanol–water partition coefficient (Wildman–Crippen LogP) is 5.43. The van der Waals surface area contributed by atoms with Crippen LogP contribution >= 0.6 is 0 Å². The second kappa shape index (κ2) is 9.81. The van der Waals surface area contributed by atoms with Gasteiger partial charge < -0.3 is 15.0 Å². The number of ether oxygens (including phenoxy) is 1. The number of amides is 2. The fraction of sp³-hybridized carbons (Fsp3) is 0.231. The third-order valence-electron chi connectivity index (χ3n) is 5.61. The molecule has 1 heterocycles. The molecule has 1 aliphatic rings. The highest BCUT2D eigenvalue weighted by Crippen LogP contribution is 2.30. The van der Waals surface area contributed by atoms with Gasteiger partial charge in [0.1, 0.15) is 5.75 Å². The molecule has 7 heteroatoms. The maximum atomic E-state index is 12.9. The number of carbonyl (C=O) groups excluding carboxylic acids is 2. The Labute approximate surface area is 191 Å². The zero-order valence-electron chi connectivity index (χ0n) is 18.2. The van der Waals surface area contributed by atoms with E-state index in [0.29, 0.717) is 42.6 Å². The van der Waals surface area contributed by atoms with Gasteiger partial charge in [-0.05, 0) is 53.9 Å². The average molecular weight is 450 g/mol. The van der Waals surface area contributed by atoms with Crippen molar-refractivity contribution in [1.29, 1.82) is 0 Å². The summed E-state index contributed by atoms with van der Waals surface area (Å²) in [6, 6.07) is 19.3. The normalized spacial score (nSPS) is 12.5. The lowest BCUT2D eigenvalue weighted by molar-refractivity contribution is -0.118. The average Bonchev–Trinajstić information content (AvgIpc) is 3.24. The van der Waals surface area contributed by atoms with E-state index in [0.717, 1.165) is 16.8 Å². The van der Waals surface area contributed by atoms with Crippen molar-refractivity contribution < 1.29 is 23.1 Å². The van der Waals surface area contributed by atoms with Crippen LogP contribution in [0.1, 0.15) is 40.4 Å². The Kier molecular flexibility index (Phi) is 6.68. The van der Waals surface area contributed by atoms with Crippen molar-refractivity contribution in [2.45, 2.75) is 32.8 Å². The molecule has 3 aromatic carbocycles. The number of nitrogens with one attached hydrogen (secondary N) is 1. The van der Waals surface area contributed by atoms with Crippen LogP contribution in [0.15, 0.2) is 66.7 Å². The number of fused-ring (bicyclic) bond motifs is 1. The Morgan fingerprint density at radius 2 is 1.85 bits per heavy atom. The number of benzene rings is 3. The highest BCUT2D eigenvalue weighted by molar-refractivity contribution is 6.05. The first kappa shape index (κ1) is 22.5. The number of halogens is 2. The van der Waals surface area contributed by atoms with Gasteiger partial charge in [0.2, 0.25) is 5.91 Å². The fourth-order valence-electron chi connectivity index (χ4n) is 4.02. The van der Waals surface area contributed by atoms with Gasteiger partial charge in [0, 0.05) is 41.9 Å². The van der Waals surface area contributed by atoms with Gasteiger partial charge in [0.05, 0.1) is 0 Å². The summed E-state index contributed by atoms with van der Waals surface area (Å²) in [5, 5.41) is 2.84. The van der Waals surface area contributed by atoms with Crippen LogP contribution in [0.25, 0.3) is 0 Å². The molecular weight excluding hydrogens is 426 g/mol. The van der Waals surface area contributed by atoms with Crippen LogP contribution in [0.5, 0.6) is 5.75 Å². The van der Waals surface area contributed by atoms with Gasteiger partial charge >= 0.3 is 6.61 Å². The molecule has 0 aromatic heterocycles. The summed E-state index contributed by atoms with van der Waals surface area (Å²) in [5.41, 5.74) is 4.23. The van der Waals surface area contributed by atoms with E-state index in [4.69, 9.17) is 0 Å². The fourth-order valence-corrected chi connectivity index (χ4v) is 4.02. The molecule has 170 valence electrons. The Bertz CT molecular complexity index is 1170. The molecule has 0 fully saturated rings. The summed E-state index contributed by atoms with van der Waals surface area (Å²) in [6.07, 6.45) is 1.51. The Hall–Kier alpha value is -3.74. The number of hydrogen-bond acceptors (Lipinski definition) is 3. The number of anilines is 2. The molecule has 0 unspecified atom stereocenters. The molecule has 0 spiro atoms. The van der Waals surface area contributed by atoms with Crippen molar-refractivity contribution in [3.8, 4) is 5.75 Å². The molecule has 33 heavy (non-hydrogen) atoms. The zero-order valence-corrected chi connectivity index (χ0v) is 18.2. The Balaban J connectivity index is 1.54. The molecule has 0 bridgehead atoms. The first-order chi connectivity index (χ1) is 15.9. The summed E-state index contributed by atoms with van der Waals surface area (Å²) < 4.78 is 30.4. The second-order valence-corrected chi connectivity index (χ2v) is 7.81. The van der Waals surface area contributed by atoms with Gasteiger partial charge in [-0.15, -0.1) is 0 Å². The van der Waals surface area contributed by atoms with Gasteiger partial charge in [-0.1, -0.05) is 37.3 Å². The molecule has 4 rings (SSSR count). The first-order valence-corrected chi connectivity index (χ1v) is 10.8. The summed E-state index contributed by atoms with van der Waals surface area (Å²) >= 11 is 0. The maximum Gasteiger partial charge on any atom is 0.387 e. The zero-order chi connectivity index (χ0) is 23.4. The number of hydrogen-bond donors (Lipinski definition) is 1. The first-order valence-electron chi connectivity index (χ1n) is 10.8. The van der Waals surface area contributed by atoms with Crippen LogP contribution < -0.4 is 15.0 Å². The Morgan fingerprint density at radius 3 is 2.58 bits per heavy atom. The molecule has 0 atom stereocenters. The van der Waals surface area contributed by atoms with Gasteiger partial charge in [0.15, 0.2) is 0 Å². The van der Waals surface area contributed by atoms with Crippen molar-refractivity contribution in [3.63, 3.8) is 0 Å². The third-order valence-corrected chi connectivity index (χ3v) is 5.61. The SMILES string of the molecule is CCC(=O)N1CCc2cc(C(=O)Nc3ccc(OC(F)F)c(Cc4ccccc4)c3)ccc21. The minimum Gasteiger partial charge on any atom is -0.435 e. The van der Waals surface area contributed by atoms with Crippen LogP contribution in [0.2, 0.25) is 0 Å². The standard InChI is InChI=1S/C26H24F2N2O3/c1-2-24(31)30-13-12-18-15-19(8-10-22(18)30)25(32)29-21-9-11-23(33-26(27)28)20(16-21)14-17-6-4-3-5-7-17/h3-11,15-16,26H,2,12-14H2,1H3,(H,29,32). The van der Waals surface area contributed by atoms with Crippen LogP contribution in [0.4, 0.5) is 20.2 Å². The van der Waals surface area contributed by atoms with Crippen molar-refractivity contribution in [1.82, 2.24) is 0 Å². The molecule has 5 nitrogen and oxygen atoms in total. The predicted molar refractivity (Wildman–Crippen MR) is 123 cm³/mol. The smallest absolute Gasteiger partial charge is 0.387 e. The topological polar surface area (TPSA) is 58.6 Å². The summed E-state index contributed by atoms with van der Waals surface area (Å²) in [5.74, 6) is -0.181. The van der Waals surface area contributed by atoms with Gasteiger partial charge in [-0.2, -0.15) is 8.78 Å². The number of nitrogens with zero attached hydrogens (tertiary/aromatic N) is 1. The van der Waals surface area contributed by atoms with E-state index >= 15 is 0 Å². The number of alkyl halides is 2. The molecule has 0 aliphatic carbocycles. The van der Waals surface area contributed by atoms with E-state index in [1.54, 1.807) is 35.2 Å². The maximum absolute atomic E-state index is 12.9. The van der Waals surface area contributed by atoms with E-state index in [-0.39, 0.29) is 17.6 Å². The highest BCUT2D eigenvalue weighted by atomic mass is 19.3. The summed E-state index contributed by atoms with van der Waals surface area (Å²) in [6.45, 7) is -0.501. The summed E-state index contributed by atoms with van der Waals surface area (Å²) in [4.78, 5) is 26.7. The van der Waals surface area contributed by atoms with E-state index in [9.17, 15) is 18.4 Å². The highest BCUT2D eigenvalue weighted by Gasteiger charge is 2.24. The molecule has 0 saturated carbocycles. The van der Waals surface area contributed by atoms with Gasteiger partial charge in [0.25, 0.3) is 5.91 Å². The van der Waals surface area contributed by atoms with Crippen LogP contribution in [-0.2, 0) is 17.6 Å². The van der Waals surface area contributed by atoms with Crippen LogP contribution in [0, 0.1) is 0 Å². The quantitative estimate of drug-likeness (QED) is 0.522.